The predicted molar refractivity (Wildman–Crippen MR) is 86.1 cm³/mol. The third-order valence-corrected chi connectivity index (χ3v) is 3.55. The monoisotopic (exact) mass is 339 g/mol. The van der Waals surface area contributed by atoms with Gasteiger partial charge in [0.05, 0.1) is 0 Å². The van der Waals surface area contributed by atoms with E-state index in [0.29, 0.717) is 6.42 Å². The van der Waals surface area contributed by atoms with E-state index in [9.17, 15) is 19.1 Å². The zero-order chi connectivity index (χ0) is 18.2. The highest BCUT2D eigenvalue weighted by Gasteiger charge is 2.36. The second kappa shape index (κ2) is 6.27. The molecule has 2 amide bonds. The fourth-order valence-corrected chi connectivity index (χ4v) is 2.34. The van der Waals surface area contributed by atoms with E-state index in [2.05, 4.69) is 5.43 Å². The third-order valence-electron chi connectivity index (χ3n) is 3.55. The molecule has 0 saturated carbocycles. The number of phenolic OH excluding ortho intramolecular Hbond substituents is 1. The molecule has 1 heterocycles. The Hall–Kier alpha value is -2.35. The Balaban J connectivity index is 2.34. The number of carbonyl (C=O) groups is 2. The summed E-state index contributed by atoms with van der Waals surface area (Å²) in [5.41, 5.74) is 1.63. The van der Waals surface area contributed by atoms with Crippen molar-refractivity contribution in [2.45, 2.75) is 45.9 Å². The molecule has 1 aromatic rings. The molecule has 1 atom stereocenters. The summed E-state index contributed by atoms with van der Waals surface area (Å²) in [7, 11) is 1.59. The SMILES string of the molecule is CCC1NN(c2cc(O)c(C(=O)OC(C)(C)C)cc2F)C(=O)N1C. The van der Waals surface area contributed by atoms with E-state index in [1.165, 1.54) is 4.90 Å². The van der Waals surface area contributed by atoms with Gasteiger partial charge in [-0.05, 0) is 33.3 Å². The van der Waals surface area contributed by atoms with Gasteiger partial charge in [-0.1, -0.05) is 6.92 Å². The molecule has 0 aliphatic carbocycles. The van der Waals surface area contributed by atoms with Crippen molar-refractivity contribution in [3.63, 3.8) is 0 Å². The van der Waals surface area contributed by atoms with Crippen LogP contribution in [-0.2, 0) is 4.74 Å². The zero-order valence-electron chi connectivity index (χ0n) is 14.4. The van der Waals surface area contributed by atoms with Gasteiger partial charge in [-0.15, -0.1) is 0 Å². The van der Waals surface area contributed by atoms with Crippen LogP contribution in [0.2, 0.25) is 0 Å². The Labute approximate surface area is 140 Å². The highest BCUT2D eigenvalue weighted by molar-refractivity contribution is 5.96. The first kappa shape index (κ1) is 18.0. The summed E-state index contributed by atoms with van der Waals surface area (Å²) in [6.07, 6.45) is 0.354. The number of hydrogen-bond acceptors (Lipinski definition) is 5. The number of nitrogens with one attached hydrogen (secondary N) is 1. The lowest BCUT2D eigenvalue weighted by atomic mass is 10.1. The molecule has 0 spiro atoms. The number of carbonyl (C=O) groups excluding carboxylic acids is 2. The highest BCUT2D eigenvalue weighted by Crippen LogP contribution is 2.31. The van der Waals surface area contributed by atoms with Crippen LogP contribution in [0.4, 0.5) is 14.9 Å². The molecule has 7 nitrogen and oxygen atoms in total. The molecule has 8 heteroatoms. The van der Waals surface area contributed by atoms with Crippen LogP contribution in [0.25, 0.3) is 0 Å². The average molecular weight is 339 g/mol. The molecule has 0 bridgehead atoms. The van der Waals surface area contributed by atoms with Gasteiger partial charge < -0.3 is 14.7 Å². The van der Waals surface area contributed by atoms with Gasteiger partial charge >= 0.3 is 12.0 Å². The van der Waals surface area contributed by atoms with Crippen LogP contribution in [0, 0.1) is 5.82 Å². The van der Waals surface area contributed by atoms with Crippen molar-refractivity contribution in [2.24, 2.45) is 0 Å². The van der Waals surface area contributed by atoms with Crippen LogP contribution in [0.1, 0.15) is 44.5 Å². The number of hydrazine groups is 1. The van der Waals surface area contributed by atoms with Gasteiger partial charge in [0, 0.05) is 13.1 Å². The highest BCUT2D eigenvalue weighted by atomic mass is 19.1. The van der Waals surface area contributed by atoms with Gasteiger partial charge in [-0.25, -0.2) is 24.4 Å². The molecule has 132 valence electrons. The molecule has 24 heavy (non-hydrogen) atoms. The maximum Gasteiger partial charge on any atom is 0.342 e. The summed E-state index contributed by atoms with van der Waals surface area (Å²) in [4.78, 5) is 25.7. The topological polar surface area (TPSA) is 82.1 Å². The van der Waals surface area contributed by atoms with Crippen LogP contribution in [0.5, 0.6) is 5.75 Å². The standard InChI is InChI=1S/C16H22FN3O4/c1-6-13-18-20(15(23)19(13)5)11-8-12(21)9(7-10(11)17)14(22)24-16(2,3)4/h7-8,13,18,21H,6H2,1-5H3. The minimum absolute atomic E-state index is 0.160. The average Bonchev–Trinajstić information content (AvgIpc) is 2.75. The molecule has 0 aromatic heterocycles. The number of urea groups is 1. The van der Waals surface area contributed by atoms with E-state index >= 15 is 0 Å². The molecule has 1 saturated heterocycles. The molecule has 2 N–H and O–H groups in total. The smallest absolute Gasteiger partial charge is 0.342 e. The number of halogens is 1. The van der Waals surface area contributed by atoms with E-state index in [4.69, 9.17) is 4.74 Å². The second-order valence-electron chi connectivity index (χ2n) is 6.60. The van der Waals surface area contributed by atoms with E-state index in [0.717, 1.165) is 17.1 Å². The normalized spacial score (nSPS) is 18.2. The van der Waals surface area contributed by atoms with Crippen LogP contribution in [0.15, 0.2) is 12.1 Å². The van der Waals surface area contributed by atoms with Crippen molar-refractivity contribution in [1.29, 1.82) is 0 Å². The van der Waals surface area contributed by atoms with Gasteiger partial charge in [0.25, 0.3) is 0 Å². The van der Waals surface area contributed by atoms with Crippen molar-refractivity contribution in [3.05, 3.63) is 23.5 Å². The van der Waals surface area contributed by atoms with Gasteiger partial charge in [-0.2, -0.15) is 0 Å². The van der Waals surface area contributed by atoms with Crippen molar-refractivity contribution >= 4 is 17.7 Å². The summed E-state index contributed by atoms with van der Waals surface area (Å²) in [5, 5.41) is 11.1. The lowest BCUT2D eigenvalue weighted by molar-refractivity contribution is 0.00663. The van der Waals surface area contributed by atoms with Crippen LogP contribution in [0.3, 0.4) is 0 Å². The molecule has 2 rings (SSSR count). The first-order chi connectivity index (χ1) is 11.0. The number of rotatable bonds is 3. The van der Waals surface area contributed by atoms with Gasteiger partial charge in [0.1, 0.15) is 34.6 Å². The fraction of sp³-hybridized carbons (Fsp3) is 0.500. The third kappa shape index (κ3) is 3.43. The minimum Gasteiger partial charge on any atom is -0.507 e. The number of ether oxygens (including phenoxy) is 1. The molecule has 1 aliphatic heterocycles. The maximum absolute atomic E-state index is 14.4. The Morgan fingerprint density at radius 1 is 1.42 bits per heavy atom. The van der Waals surface area contributed by atoms with E-state index < -0.39 is 29.2 Å². The number of hydrogen-bond donors (Lipinski definition) is 2. The number of phenols is 1. The lowest BCUT2D eigenvalue weighted by Gasteiger charge is -2.21. The lowest BCUT2D eigenvalue weighted by Crippen LogP contribution is -2.37. The number of anilines is 1. The first-order valence-corrected chi connectivity index (χ1v) is 7.64. The van der Waals surface area contributed by atoms with Crippen molar-refractivity contribution in [1.82, 2.24) is 10.3 Å². The number of nitrogens with zero attached hydrogens (tertiary/aromatic N) is 2. The number of amides is 2. The molecule has 1 aromatic carbocycles. The summed E-state index contributed by atoms with van der Waals surface area (Å²) in [5.74, 6) is -2.12. The Morgan fingerprint density at radius 3 is 2.54 bits per heavy atom. The summed E-state index contributed by atoms with van der Waals surface area (Å²) >= 11 is 0. The van der Waals surface area contributed by atoms with Crippen LogP contribution < -0.4 is 10.4 Å². The summed E-state index contributed by atoms with van der Waals surface area (Å²) < 4.78 is 19.6. The summed E-state index contributed by atoms with van der Waals surface area (Å²) in [6.45, 7) is 6.88. The largest absolute Gasteiger partial charge is 0.507 e. The zero-order valence-corrected chi connectivity index (χ0v) is 14.4. The molecule has 1 fully saturated rings. The van der Waals surface area contributed by atoms with E-state index in [-0.39, 0.29) is 17.4 Å². The summed E-state index contributed by atoms with van der Waals surface area (Å²) in [6, 6.07) is 1.45. The minimum atomic E-state index is -0.838. The maximum atomic E-state index is 14.4. The number of esters is 1. The molecular formula is C16H22FN3O4. The Bertz CT molecular complexity index is 672. The van der Waals surface area contributed by atoms with Gasteiger partial charge in [0.2, 0.25) is 0 Å². The Morgan fingerprint density at radius 2 is 2.04 bits per heavy atom. The molecule has 1 aliphatic rings. The predicted octanol–water partition coefficient (Wildman–Crippen LogP) is 2.60. The quantitative estimate of drug-likeness (QED) is 0.827. The Kier molecular flexibility index (Phi) is 4.70. The van der Waals surface area contributed by atoms with Gasteiger partial charge in [0.15, 0.2) is 0 Å². The number of benzene rings is 1. The van der Waals surface area contributed by atoms with Crippen molar-refractivity contribution < 1.29 is 23.8 Å². The second-order valence-corrected chi connectivity index (χ2v) is 6.60. The van der Waals surface area contributed by atoms with Crippen LogP contribution in [-0.4, -0.2) is 40.8 Å². The number of aromatic hydroxyl groups is 1. The van der Waals surface area contributed by atoms with E-state index in [1.54, 1.807) is 27.8 Å². The van der Waals surface area contributed by atoms with Gasteiger partial charge in [-0.3, -0.25) is 0 Å². The fourth-order valence-electron chi connectivity index (χ4n) is 2.34. The molecular weight excluding hydrogens is 317 g/mol. The molecule has 0 radical (unpaired) electrons. The van der Waals surface area contributed by atoms with Crippen LogP contribution >= 0.6 is 0 Å². The van der Waals surface area contributed by atoms with Crippen molar-refractivity contribution in [2.75, 3.05) is 12.1 Å². The first-order valence-electron chi connectivity index (χ1n) is 7.64. The van der Waals surface area contributed by atoms with E-state index in [1.807, 2.05) is 6.92 Å². The molecule has 1 unspecified atom stereocenters. The van der Waals surface area contributed by atoms with Crippen molar-refractivity contribution in [3.8, 4) is 5.75 Å².